The van der Waals surface area contributed by atoms with Gasteiger partial charge in [0.1, 0.15) is 48.7 Å². The number of Topliss-reactive ketones (excluding diaryl/α,β-unsaturated/α-hetero) is 8. The fourth-order valence-corrected chi connectivity index (χ4v) is 11.6. The molecule has 5 atom stereocenters. The van der Waals surface area contributed by atoms with Crippen molar-refractivity contribution in [2.45, 2.75) is 145 Å². The molecule has 616 valence electrons. The van der Waals surface area contributed by atoms with Gasteiger partial charge in [-0.3, -0.25) is 38.4 Å². The molecule has 0 spiro atoms. The van der Waals surface area contributed by atoms with E-state index in [4.69, 9.17) is 69.6 Å². The van der Waals surface area contributed by atoms with Crippen molar-refractivity contribution in [2.75, 3.05) is 78.9 Å². The largest absolute Gasteiger partial charge is 0.462 e. The van der Waals surface area contributed by atoms with Crippen molar-refractivity contribution in [1.29, 1.82) is 0 Å². The third kappa shape index (κ3) is 34.0. The van der Waals surface area contributed by atoms with Gasteiger partial charge in [-0.05, 0) is 273 Å². The first-order valence-electron chi connectivity index (χ1n) is 38.2. The number of benzene rings is 8. The monoisotopic (exact) mass is 1590 g/mol. The molecule has 0 heterocycles. The van der Waals surface area contributed by atoms with E-state index in [-0.39, 0.29) is 110 Å². The van der Waals surface area contributed by atoms with Crippen LogP contribution < -0.4 is 45.9 Å². The summed E-state index contributed by atoms with van der Waals surface area (Å²) < 4.78 is 25.9. The Labute approximate surface area is 678 Å². The second-order valence-electron chi connectivity index (χ2n) is 29.0. The lowest BCUT2D eigenvalue weighted by atomic mass is 9.89. The van der Waals surface area contributed by atoms with Crippen LogP contribution in [-0.2, 0) is 87.7 Å². The zero-order valence-electron chi connectivity index (χ0n) is 67.6. The van der Waals surface area contributed by atoms with Crippen LogP contribution in [0.2, 0.25) is 0 Å². The van der Waals surface area contributed by atoms with Crippen molar-refractivity contribution >= 4 is 116 Å². The average Bonchev–Trinajstić information content (AvgIpc) is 0.871. The number of carbonyl (C=O) groups is 12. The number of rotatable bonds is 39. The molecule has 25 nitrogen and oxygen atoms in total. The second kappa shape index (κ2) is 47.8. The van der Waals surface area contributed by atoms with E-state index in [0.29, 0.717) is 119 Å². The molecule has 0 aliphatic carbocycles. The highest BCUT2D eigenvalue weighted by Crippen LogP contribution is 2.26. The fraction of sp³-hybridized carbons (Fsp3) is 0.341. The van der Waals surface area contributed by atoms with E-state index in [1.165, 1.54) is 58.9 Å². The Bertz CT molecular complexity index is 4700. The standard InChI is InChI=1S/C25H32N2O4.C23H28N2O5.C22H26N2O4.C21H24N2O4/c1-17-7-8-19(15-24(17)27)14-21(18(2)28)16-23(29)6-4-3-5-13-31-25(30)20-9-11-22(26)12-10-20;1-15-3-4-17(12-22(15)25)11-19(16(2)26)13-21(27)14-29-9-10-30-23(28)18-5-7-20(24)8-6-18;1-13-4-5-16(11-20(13)24)10-18(14(2)25)12-21(26)15(3)28-22(27)17-6-8-19(23)9-7-17;1-13-3-4-15(10-20(13)23)9-17(14(2)24)11-19(25)12-27-21(26)16-5-7-18(22)8-6-16/h7-12,15,21H,3-6,13-14,16,26-27H2,1-2H3;3-8,12,19H,9-11,13-14,24-25H2,1-2H3;4-9,11,15,18H,10,12,23-24H2,1-3H3;3-8,10,17H,9,11-12,22-23H2,1-2H3. The van der Waals surface area contributed by atoms with Gasteiger partial charge in [0.15, 0.2) is 23.5 Å². The lowest BCUT2D eigenvalue weighted by molar-refractivity contribution is -0.131. The molecule has 0 radical (unpaired) electrons. The Morgan fingerprint density at radius 2 is 0.603 bits per heavy atom. The number of carbonyl (C=O) groups excluding carboxylic acids is 12. The normalized spacial score (nSPS) is 11.9. The maximum Gasteiger partial charge on any atom is 0.338 e. The molecule has 16 N–H and O–H groups in total. The average molecular weight is 1590 g/mol. The van der Waals surface area contributed by atoms with Crippen molar-refractivity contribution in [2.24, 2.45) is 23.7 Å². The Hall–Kier alpha value is -12.6. The number of aryl methyl sites for hydroxylation is 4. The molecular weight excluding hydrogens is 1480 g/mol. The molecule has 0 saturated carbocycles. The fourth-order valence-electron chi connectivity index (χ4n) is 11.6. The Kier molecular flexibility index (Phi) is 38.7. The summed E-state index contributed by atoms with van der Waals surface area (Å²) in [6.45, 7) is 15.0. The Balaban J connectivity index is 0.000000276. The smallest absolute Gasteiger partial charge is 0.338 e. The molecule has 0 aliphatic heterocycles. The van der Waals surface area contributed by atoms with Gasteiger partial charge in [0.25, 0.3) is 0 Å². The van der Waals surface area contributed by atoms with Crippen LogP contribution >= 0.6 is 0 Å². The minimum Gasteiger partial charge on any atom is -0.462 e. The summed E-state index contributed by atoms with van der Waals surface area (Å²) in [5, 5.41) is 0. The molecular formula is C91H110N8O17. The van der Waals surface area contributed by atoms with E-state index in [0.717, 1.165) is 50.9 Å². The molecule has 0 amide bonds. The lowest BCUT2D eigenvalue weighted by Crippen LogP contribution is -2.28. The lowest BCUT2D eigenvalue weighted by Gasteiger charge is -2.17. The molecule has 0 bridgehead atoms. The van der Waals surface area contributed by atoms with Gasteiger partial charge >= 0.3 is 23.9 Å². The van der Waals surface area contributed by atoms with Gasteiger partial charge in [-0.1, -0.05) is 48.5 Å². The van der Waals surface area contributed by atoms with Gasteiger partial charge < -0.3 is 69.6 Å². The van der Waals surface area contributed by atoms with Gasteiger partial charge in [0.2, 0.25) is 0 Å². The van der Waals surface area contributed by atoms with Crippen molar-refractivity contribution in [1.82, 2.24) is 0 Å². The molecule has 5 unspecified atom stereocenters. The summed E-state index contributed by atoms with van der Waals surface area (Å²) in [6, 6.07) is 48.0. The summed E-state index contributed by atoms with van der Waals surface area (Å²) in [7, 11) is 0. The quantitative estimate of drug-likeness (QED) is 0.00767. The van der Waals surface area contributed by atoms with Gasteiger partial charge in [-0.25, -0.2) is 19.2 Å². The van der Waals surface area contributed by atoms with Crippen LogP contribution in [0.5, 0.6) is 0 Å². The summed E-state index contributed by atoms with van der Waals surface area (Å²) in [5.41, 5.74) is 60.0. The van der Waals surface area contributed by atoms with Crippen molar-refractivity contribution < 1.29 is 81.2 Å². The molecule has 25 heteroatoms. The molecule has 0 aliphatic rings. The predicted molar refractivity (Wildman–Crippen MR) is 451 cm³/mol. The zero-order valence-corrected chi connectivity index (χ0v) is 67.6. The van der Waals surface area contributed by atoms with Crippen LogP contribution in [0.1, 0.15) is 172 Å². The summed E-state index contributed by atoms with van der Waals surface area (Å²) in [4.78, 5) is 145. The van der Waals surface area contributed by atoms with E-state index in [1.807, 2.05) is 100 Å². The first-order valence-corrected chi connectivity index (χ1v) is 38.2. The van der Waals surface area contributed by atoms with Crippen LogP contribution in [-0.4, -0.2) is 109 Å². The summed E-state index contributed by atoms with van der Waals surface area (Å²) in [6.07, 6.45) is 3.79. The Morgan fingerprint density at radius 1 is 0.310 bits per heavy atom. The van der Waals surface area contributed by atoms with E-state index >= 15 is 0 Å². The van der Waals surface area contributed by atoms with E-state index < -0.39 is 41.8 Å². The number of nitrogen functional groups attached to an aromatic ring is 8. The molecule has 116 heavy (non-hydrogen) atoms. The molecule has 0 fully saturated rings. The highest BCUT2D eigenvalue weighted by atomic mass is 16.6. The van der Waals surface area contributed by atoms with Crippen molar-refractivity contribution in [3.63, 3.8) is 0 Å². The molecule has 8 rings (SSSR count). The number of ketones is 8. The second-order valence-corrected chi connectivity index (χ2v) is 29.0. The highest BCUT2D eigenvalue weighted by molar-refractivity contribution is 5.96. The molecule has 0 aromatic heterocycles. The van der Waals surface area contributed by atoms with Crippen LogP contribution in [0.3, 0.4) is 0 Å². The van der Waals surface area contributed by atoms with Crippen molar-refractivity contribution in [3.8, 4) is 0 Å². The number of esters is 4. The third-order valence-corrected chi connectivity index (χ3v) is 19.2. The van der Waals surface area contributed by atoms with Crippen LogP contribution in [0, 0.1) is 51.4 Å². The van der Waals surface area contributed by atoms with Gasteiger partial charge in [0.05, 0.1) is 35.5 Å². The molecule has 8 aromatic rings. The van der Waals surface area contributed by atoms with Crippen LogP contribution in [0.25, 0.3) is 0 Å². The minimum atomic E-state index is -0.949. The van der Waals surface area contributed by atoms with Gasteiger partial charge in [-0.2, -0.15) is 0 Å². The first kappa shape index (κ1) is 94.0. The van der Waals surface area contributed by atoms with E-state index in [9.17, 15) is 57.5 Å². The number of unbranched alkanes of at least 4 members (excludes halogenated alkanes) is 2. The first-order chi connectivity index (χ1) is 54.9. The number of hydrogen-bond acceptors (Lipinski definition) is 25. The SMILES string of the molecule is CC(=O)C(CC(=O)C(C)OC(=O)c1ccc(N)cc1)Cc1ccc(C)c(N)c1.CC(=O)C(CC(=O)CCCCCOC(=O)c1ccc(N)cc1)Cc1ccc(C)c(N)c1.CC(=O)C(CC(=O)COC(=O)c1ccc(N)cc1)Cc1ccc(C)c(N)c1.CC(=O)C(CC(=O)COCCOC(=O)c1ccc(N)cc1)Cc1ccc(C)c(N)c1. The maximum absolute atomic E-state index is 12.5. The minimum absolute atomic E-state index is 0.000695. The summed E-state index contributed by atoms with van der Waals surface area (Å²) >= 11 is 0. The Morgan fingerprint density at radius 3 is 0.931 bits per heavy atom. The van der Waals surface area contributed by atoms with Crippen molar-refractivity contribution in [3.05, 3.63) is 237 Å². The number of anilines is 8. The van der Waals surface area contributed by atoms with Crippen LogP contribution in [0.4, 0.5) is 45.5 Å². The molecule has 8 aromatic carbocycles. The maximum atomic E-state index is 12.5. The number of nitrogens with two attached hydrogens (primary N) is 8. The highest BCUT2D eigenvalue weighted by Gasteiger charge is 2.27. The molecule has 0 saturated heterocycles. The number of ether oxygens (including phenoxy) is 5. The predicted octanol–water partition coefficient (Wildman–Crippen LogP) is 12.9. The van der Waals surface area contributed by atoms with E-state index in [2.05, 4.69) is 0 Å². The summed E-state index contributed by atoms with van der Waals surface area (Å²) in [5.74, 6) is -4.72. The van der Waals surface area contributed by atoms with Gasteiger partial charge in [0, 0.05) is 101 Å². The number of hydrogen-bond donors (Lipinski definition) is 8. The topological polar surface area (TPSA) is 459 Å². The van der Waals surface area contributed by atoms with Gasteiger partial charge in [-0.15, -0.1) is 0 Å². The zero-order chi connectivity index (χ0) is 85.7. The van der Waals surface area contributed by atoms with E-state index in [1.54, 1.807) is 72.8 Å². The third-order valence-electron chi connectivity index (χ3n) is 19.2. The van der Waals surface area contributed by atoms with Crippen LogP contribution in [0.15, 0.2) is 170 Å².